The van der Waals surface area contributed by atoms with Gasteiger partial charge in [-0.1, -0.05) is 0 Å². The van der Waals surface area contributed by atoms with Crippen molar-refractivity contribution in [2.24, 2.45) is 7.05 Å². The predicted molar refractivity (Wildman–Crippen MR) is 129 cm³/mol. The summed E-state index contributed by atoms with van der Waals surface area (Å²) in [5, 5.41) is 12.2. The van der Waals surface area contributed by atoms with Crippen molar-refractivity contribution < 1.29 is 9.53 Å². The Morgan fingerprint density at radius 2 is 2.21 bits per heavy atom. The SMILES string of the molecule is C[C@@H]1CN(CC(=O)Nc2cnc3c(c2)[nH]c(=O)c2c3nn3cc(-c4cnn(C)c4)sc23)CCO1. The normalized spacial score (nSPS) is 17.2. The van der Waals surface area contributed by atoms with Crippen LogP contribution in [-0.4, -0.2) is 72.5 Å². The summed E-state index contributed by atoms with van der Waals surface area (Å²) in [5.74, 6) is -0.135. The maximum absolute atomic E-state index is 13.0. The smallest absolute Gasteiger partial charge is 0.261 e. The zero-order valence-corrected chi connectivity index (χ0v) is 19.4. The van der Waals surface area contributed by atoms with E-state index in [-0.39, 0.29) is 24.1 Å². The molecule has 34 heavy (non-hydrogen) atoms. The summed E-state index contributed by atoms with van der Waals surface area (Å²) in [7, 11) is 1.86. The van der Waals surface area contributed by atoms with Crippen molar-refractivity contribution in [2.75, 3.05) is 31.6 Å². The second-order valence-corrected chi connectivity index (χ2v) is 9.54. The van der Waals surface area contributed by atoms with Gasteiger partial charge in [-0.2, -0.15) is 10.2 Å². The van der Waals surface area contributed by atoms with Gasteiger partial charge in [0.25, 0.3) is 5.56 Å². The number of aromatic nitrogens is 6. The highest BCUT2D eigenvalue weighted by molar-refractivity contribution is 7.21. The highest BCUT2D eigenvalue weighted by Crippen LogP contribution is 2.33. The number of pyridine rings is 2. The molecule has 0 spiro atoms. The van der Waals surface area contributed by atoms with Crippen LogP contribution in [0.1, 0.15) is 6.92 Å². The minimum Gasteiger partial charge on any atom is -0.376 e. The first-order valence-corrected chi connectivity index (χ1v) is 11.7. The minimum absolute atomic E-state index is 0.112. The fraction of sp³-hybridized carbons (Fsp3) is 0.318. The second kappa shape index (κ2) is 8.01. The third kappa shape index (κ3) is 3.65. The summed E-state index contributed by atoms with van der Waals surface area (Å²) in [6.07, 6.45) is 7.30. The molecule has 1 amide bonds. The lowest BCUT2D eigenvalue weighted by Gasteiger charge is -2.30. The van der Waals surface area contributed by atoms with Crippen LogP contribution >= 0.6 is 11.3 Å². The Morgan fingerprint density at radius 1 is 1.32 bits per heavy atom. The van der Waals surface area contributed by atoms with Gasteiger partial charge in [0.15, 0.2) is 0 Å². The van der Waals surface area contributed by atoms with Crippen LogP contribution in [0.3, 0.4) is 0 Å². The molecule has 0 aliphatic carbocycles. The average molecular weight is 479 g/mol. The van der Waals surface area contributed by atoms with E-state index in [0.29, 0.717) is 40.8 Å². The molecule has 1 aliphatic heterocycles. The number of carbonyl (C=O) groups is 1. The monoisotopic (exact) mass is 478 g/mol. The molecule has 0 saturated carbocycles. The molecule has 0 radical (unpaired) electrons. The molecule has 1 atom stereocenters. The number of aromatic amines is 1. The lowest BCUT2D eigenvalue weighted by Crippen LogP contribution is -2.44. The maximum atomic E-state index is 13.0. The number of carbonyl (C=O) groups excluding carboxylic acids is 1. The zero-order chi connectivity index (χ0) is 23.4. The molecule has 0 unspecified atom stereocenters. The number of fused-ring (bicyclic) bond motifs is 5. The number of nitrogens with one attached hydrogen (secondary N) is 2. The van der Waals surface area contributed by atoms with Crippen molar-refractivity contribution in [1.29, 1.82) is 0 Å². The Labute approximate surface area is 197 Å². The van der Waals surface area contributed by atoms with E-state index in [1.165, 1.54) is 11.3 Å². The second-order valence-electron chi connectivity index (χ2n) is 8.51. The van der Waals surface area contributed by atoms with E-state index in [1.807, 2.05) is 26.4 Å². The number of H-pyrrole nitrogens is 1. The third-order valence-corrected chi connectivity index (χ3v) is 7.01. The Bertz CT molecular complexity index is 1610. The Morgan fingerprint density at radius 3 is 3.00 bits per heavy atom. The molecule has 1 saturated heterocycles. The quantitative estimate of drug-likeness (QED) is 0.404. The van der Waals surface area contributed by atoms with Gasteiger partial charge < -0.3 is 15.0 Å². The van der Waals surface area contributed by atoms with Crippen molar-refractivity contribution >= 4 is 49.7 Å². The first-order valence-electron chi connectivity index (χ1n) is 10.9. The van der Waals surface area contributed by atoms with Gasteiger partial charge in [0.1, 0.15) is 21.3 Å². The van der Waals surface area contributed by atoms with E-state index in [4.69, 9.17) is 4.74 Å². The van der Waals surface area contributed by atoms with Crippen LogP contribution in [0.15, 0.2) is 35.6 Å². The molecular weight excluding hydrogens is 456 g/mol. The van der Waals surface area contributed by atoms with Crippen molar-refractivity contribution in [1.82, 2.24) is 34.3 Å². The summed E-state index contributed by atoms with van der Waals surface area (Å²) < 4.78 is 8.97. The van der Waals surface area contributed by atoms with Gasteiger partial charge in [0, 0.05) is 38.1 Å². The fourth-order valence-corrected chi connectivity index (χ4v) is 5.40. The number of ether oxygens (including phenoxy) is 1. The number of amides is 1. The Hall–Kier alpha value is -3.61. The summed E-state index contributed by atoms with van der Waals surface area (Å²) in [6, 6.07) is 1.72. The van der Waals surface area contributed by atoms with Gasteiger partial charge in [-0.15, -0.1) is 11.3 Å². The molecule has 0 bridgehead atoms. The van der Waals surface area contributed by atoms with E-state index >= 15 is 0 Å². The van der Waals surface area contributed by atoms with Crippen LogP contribution in [0.25, 0.3) is 37.2 Å². The molecule has 12 heteroatoms. The number of rotatable bonds is 4. The number of thiazole rings is 1. The summed E-state index contributed by atoms with van der Waals surface area (Å²) in [6.45, 7) is 4.33. The number of hydrogen-bond donors (Lipinski definition) is 2. The number of nitrogens with zero attached hydrogens (tertiary/aromatic N) is 6. The van der Waals surface area contributed by atoms with Gasteiger partial charge in [-0.3, -0.25) is 24.2 Å². The maximum Gasteiger partial charge on any atom is 0.261 e. The Balaban J connectivity index is 1.31. The third-order valence-electron chi connectivity index (χ3n) is 5.87. The van der Waals surface area contributed by atoms with E-state index in [2.05, 4.69) is 30.4 Å². The van der Waals surface area contributed by atoms with Crippen LogP contribution in [0, 0.1) is 0 Å². The Kier molecular flexibility index (Phi) is 4.94. The fourth-order valence-electron chi connectivity index (χ4n) is 4.34. The number of morpholine rings is 1. The highest BCUT2D eigenvalue weighted by atomic mass is 32.1. The minimum atomic E-state index is -0.246. The van der Waals surface area contributed by atoms with Gasteiger partial charge in [-0.05, 0) is 13.0 Å². The summed E-state index contributed by atoms with van der Waals surface area (Å²) in [4.78, 5) is 36.7. The standard InChI is InChI=1S/C22H22N8O3S/c1-12-8-29(3-4-33-12)11-17(31)25-14-5-15-19(23-7-14)20-18(21(32)26-15)22-30(27-20)10-16(34-22)13-6-24-28(2)9-13/h5-7,9-10,12H,3-4,8,11H2,1-2H3,(H,25,31)(H,26,32)/t12-/m1/s1. The van der Waals surface area contributed by atoms with Crippen LogP contribution in [0.5, 0.6) is 0 Å². The summed E-state index contributed by atoms with van der Waals surface area (Å²) in [5.41, 5.74) is 2.87. The molecular formula is C22H22N8O3S. The van der Waals surface area contributed by atoms with Crippen LogP contribution in [0.4, 0.5) is 5.69 Å². The summed E-state index contributed by atoms with van der Waals surface area (Å²) >= 11 is 1.48. The number of hydrogen-bond acceptors (Lipinski definition) is 8. The molecule has 1 fully saturated rings. The van der Waals surface area contributed by atoms with Crippen molar-refractivity contribution in [2.45, 2.75) is 13.0 Å². The van der Waals surface area contributed by atoms with E-state index < -0.39 is 0 Å². The van der Waals surface area contributed by atoms with Gasteiger partial charge in [-0.25, -0.2) is 4.52 Å². The van der Waals surface area contributed by atoms with Crippen molar-refractivity contribution in [3.63, 3.8) is 0 Å². The van der Waals surface area contributed by atoms with Gasteiger partial charge in [0.2, 0.25) is 5.91 Å². The molecule has 2 N–H and O–H groups in total. The molecule has 6 heterocycles. The van der Waals surface area contributed by atoms with E-state index in [9.17, 15) is 9.59 Å². The molecule has 5 aromatic heterocycles. The molecule has 0 aromatic carbocycles. The molecule has 6 rings (SSSR count). The average Bonchev–Trinajstić information content (AvgIpc) is 3.47. The van der Waals surface area contributed by atoms with Crippen LogP contribution < -0.4 is 10.9 Å². The molecule has 11 nitrogen and oxygen atoms in total. The number of aryl methyl sites for hydroxylation is 1. The molecule has 174 valence electrons. The lowest BCUT2D eigenvalue weighted by molar-refractivity contribution is -0.119. The number of anilines is 1. The van der Waals surface area contributed by atoms with Gasteiger partial charge >= 0.3 is 0 Å². The largest absolute Gasteiger partial charge is 0.376 e. The lowest BCUT2D eigenvalue weighted by atomic mass is 10.2. The first-order chi connectivity index (χ1) is 16.4. The molecule has 1 aliphatic rings. The van der Waals surface area contributed by atoms with Crippen molar-refractivity contribution in [3.8, 4) is 10.4 Å². The van der Waals surface area contributed by atoms with E-state index in [1.54, 1.807) is 27.7 Å². The van der Waals surface area contributed by atoms with Crippen LogP contribution in [-0.2, 0) is 16.6 Å². The highest BCUT2D eigenvalue weighted by Gasteiger charge is 2.20. The topological polar surface area (TPSA) is 122 Å². The van der Waals surface area contributed by atoms with Gasteiger partial charge in [0.05, 0.1) is 47.7 Å². The van der Waals surface area contributed by atoms with Crippen LogP contribution in [0.2, 0.25) is 0 Å². The van der Waals surface area contributed by atoms with E-state index in [0.717, 1.165) is 21.8 Å². The predicted octanol–water partition coefficient (Wildman–Crippen LogP) is 1.85. The van der Waals surface area contributed by atoms with Crippen molar-refractivity contribution in [3.05, 3.63) is 41.2 Å². The molecule has 5 aromatic rings. The zero-order valence-electron chi connectivity index (χ0n) is 18.6. The first kappa shape index (κ1) is 21.0.